The highest BCUT2D eigenvalue weighted by Crippen LogP contribution is 2.27. The van der Waals surface area contributed by atoms with Crippen molar-refractivity contribution in [2.24, 2.45) is 0 Å². The number of nitrogens with one attached hydrogen (secondary N) is 2. The summed E-state index contributed by atoms with van der Waals surface area (Å²) >= 11 is 7.46. The highest BCUT2D eigenvalue weighted by Gasteiger charge is 2.14. The van der Waals surface area contributed by atoms with Crippen LogP contribution >= 0.6 is 22.9 Å². The Morgan fingerprint density at radius 2 is 2.08 bits per heavy atom. The molecule has 0 radical (unpaired) electrons. The van der Waals surface area contributed by atoms with Crippen molar-refractivity contribution in [3.63, 3.8) is 0 Å². The van der Waals surface area contributed by atoms with Crippen molar-refractivity contribution in [2.75, 3.05) is 19.0 Å². The maximum absolute atomic E-state index is 11.7. The number of hydrogen-bond donors (Lipinski definition) is 2. The molecule has 0 aliphatic rings. The number of carbonyl (C=O) groups is 1. The van der Waals surface area contributed by atoms with Gasteiger partial charge in [0.15, 0.2) is 5.13 Å². The zero-order valence-corrected chi connectivity index (χ0v) is 15.4. The number of anilines is 1. The van der Waals surface area contributed by atoms with Gasteiger partial charge in [-0.3, -0.25) is 10.1 Å². The van der Waals surface area contributed by atoms with E-state index in [-0.39, 0.29) is 0 Å². The van der Waals surface area contributed by atoms with Gasteiger partial charge in [-0.25, -0.2) is 9.17 Å². The minimum atomic E-state index is -3.90. The van der Waals surface area contributed by atoms with E-state index < -0.39 is 22.8 Å². The van der Waals surface area contributed by atoms with E-state index in [0.717, 1.165) is 16.1 Å². The van der Waals surface area contributed by atoms with E-state index in [1.165, 1.54) is 18.4 Å². The van der Waals surface area contributed by atoms with E-state index in [9.17, 15) is 13.2 Å². The second-order valence-electron chi connectivity index (χ2n) is 4.76. The fraction of sp³-hybridized carbons (Fsp3) is 0.286. The van der Waals surface area contributed by atoms with Gasteiger partial charge in [-0.15, -0.1) is 11.3 Å². The molecule has 1 aromatic carbocycles. The summed E-state index contributed by atoms with van der Waals surface area (Å²) in [4.78, 5) is 16.9. The van der Waals surface area contributed by atoms with Gasteiger partial charge in [0.2, 0.25) is 0 Å². The summed E-state index contributed by atoms with van der Waals surface area (Å²) in [5.74, 6) is -0.605. The summed E-state index contributed by atoms with van der Waals surface area (Å²) in [5, 5.41) is 3.57. The van der Waals surface area contributed by atoms with E-state index >= 15 is 0 Å². The van der Waals surface area contributed by atoms with Crippen LogP contribution in [0.25, 0.3) is 0 Å². The van der Waals surface area contributed by atoms with Gasteiger partial charge in [0, 0.05) is 23.4 Å². The van der Waals surface area contributed by atoms with Gasteiger partial charge in [-0.2, -0.15) is 13.1 Å². The lowest BCUT2D eigenvalue weighted by Crippen LogP contribution is -2.27. The van der Waals surface area contributed by atoms with E-state index in [1.54, 1.807) is 0 Å². The van der Waals surface area contributed by atoms with Gasteiger partial charge in [-0.05, 0) is 18.6 Å². The molecule has 2 rings (SSSR count). The second-order valence-corrected chi connectivity index (χ2v) is 7.81. The van der Waals surface area contributed by atoms with Crippen molar-refractivity contribution in [1.29, 1.82) is 0 Å². The normalized spacial score (nSPS) is 11.5. The van der Waals surface area contributed by atoms with Gasteiger partial charge in [0.1, 0.15) is 6.61 Å². The molecule has 0 atom stereocenters. The van der Waals surface area contributed by atoms with E-state index in [0.29, 0.717) is 16.6 Å². The molecule has 7 nitrogen and oxygen atoms in total. The molecule has 0 aliphatic heterocycles. The fourth-order valence-corrected chi connectivity index (χ4v) is 3.39. The predicted molar refractivity (Wildman–Crippen MR) is 93.7 cm³/mol. The van der Waals surface area contributed by atoms with Crippen LogP contribution in [0.1, 0.15) is 16.1 Å². The Kier molecular flexibility index (Phi) is 6.30. The Balaban J connectivity index is 2.01. The highest BCUT2D eigenvalue weighted by atomic mass is 35.5. The first-order valence-corrected chi connectivity index (χ1v) is 9.48. The van der Waals surface area contributed by atoms with Gasteiger partial charge in [0.25, 0.3) is 5.91 Å². The molecule has 1 heterocycles. The summed E-state index contributed by atoms with van der Waals surface area (Å²) in [6.45, 7) is 1.21. The molecule has 1 amide bonds. The number of carbonyl (C=O) groups excluding carboxylic acids is 1. The quantitative estimate of drug-likeness (QED) is 0.755. The Hall–Kier alpha value is -1.52. The van der Waals surface area contributed by atoms with Gasteiger partial charge in [0.05, 0.1) is 5.69 Å². The minimum absolute atomic E-state index is 0.380. The maximum atomic E-state index is 11.7. The summed E-state index contributed by atoms with van der Waals surface area (Å²) in [6, 6.07) is 7.50. The number of rotatable bonds is 7. The van der Waals surface area contributed by atoms with E-state index in [1.807, 2.05) is 35.9 Å². The van der Waals surface area contributed by atoms with Crippen molar-refractivity contribution in [1.82, 2.24) is 9.71 Å². The lowest BCUT2D eigenvalue weighted by molar-refractivity contribution is -0.118. The first-order chi connectivity index (χ1) is 11.3. The molecule has 24 heavy (non-hydrogen) atoms. The lowest BCUT2D eigenvalue weighted by Gasteiger charge is -2.03. The Morgan fingerprint density at radius 3 is 2.75 bits per heavy atom. The number of halogens is 1. The third kappa shape index (κ3) is 5.25. The predicted octanol–water partition coefficient (Wildman–Crippen LogP) is 2.12. The SMILES string of the molecule is CNS(=O)(=O)OCC(=O)Nc1nc(C)c(Cc2ccccc2Cl)s1. The molecule has 2 N–H and O–H groups in total. The topological polar surface area (TPSA) is 97.4 Å². The van der Waals surface area contributed by atoms with Crippen LogP contribution in [0, 0.1) is 6.92 Å². The van der Waals surface area contributed by atoms with Gasteiger partial charge in [-0.1, -0.05) is 29.8 Å². The second kappa shape index (κ2) is 8.04. The molecule has 0 fully saturated rings. The average molecular weight is 390 g/mol. The first kappa shape index (κ1) is 18.8. The smallest absolute Gasteiger partial charge is 0.300 e. The summed E-state index contributed by atoms with van der Waals surface area (Å²) in [7, 11) is -2.70. The molecule has 1 aromatic heterocycles. The Bertz CT molecular complexity index is 836. The average Bonchev–Trinajstić information content (AvgIpc) is 2.87. The number of thiazole rings is 1. The van der Waals surface area contributed by atoms with Crippen LogP contribution in [-0.4, -0.2) is 33.0 Å². The van der Waals surface area contributed by atoms with E-state index in [4.69, 9.17) is 11.6 Å². The van der Waals surface area contributed by atoms with Gasteiger partial charge >= 0.3 is 10.3 Å². The molecule has 2 aromatic rings. The summed E-state index contributed by atoms with van der Waals surface area (Å²) in [5.41, 5.74) is 1.74. The van der Waals surface area contributed by atoms with Crippen LogP contribution in [0.15, 0.2) is 24.3 Å². The van der Waals surface area contributed by atoms with Crippen LogP contribution in [0.4, 0.5) is 5.13 Å². The molecule has 0 saturated carbocycles. The van der Waals surface area contributed by atoms with Crippen LogP contribution in [-0.2, 0) is 25.7 Å². The largest absolute Gasteiger partial charge is 0.336 e. The molecular formula is C14H16ClN3O4S2. The van der Waals surface area contributed by atoms with Crippen molar-refractivity contribution in [3.8, 4) is 0 Å². The van der Waals surface area contributed by atoms with Crippen LogP contribution in [0.3, 0.4) is 0 Å². The molecule has 0 unspecified atom stereocenters. The first-order valence-electron chi connectivity index (χ1n) is 6.88. The third-order valence-electron chi connectivity index (χ3n) is 3.04. The molecule has 130 valence electrons. The molecular weight excluding hydrogens is 374 g/mol. The molecule has 0 spiro atoms. The number of hydrogen-bond acceptors (Lipinski definition) is 6. The Labute approximate surface area is 149 Å². The van der Waals surface area contributed by atoms with Crippen LogP contribution in [0.5, 0.6) is 0 Å². The summed E-state index contributed by atoms with van der Waals surface area (Å²) < 4.78 is 28.6. The van der Waals surface area contributed by atoms with Crippen molar-refractivity contribution >= 4 is 44.3 Å². The number of amides is 1. The number of benzene rings is 1. The maximum Gasteiger partial charge on any atom is 0.336 e. The zero-order valence-electron chi connectivity index (χ0n) is 13.0. The van der Waals surface area contributed by atoms with Crippen LogP contribution in [0.2, 0.25) is 5.02 Å². The van der Waals surface area contributed by atoms with Crippen molar-refractivity contribution in [2.45, 2.75) is 13.3 Å². The molecule has 0 bridgehead atoms. The standard InChI is InChI=1S/C14H16ClN3O4S2/c1-9-12(7-10-5-3-4-6-11(10)15)23-14(17-9)18-13(19)8-22-24(20,21)16-2/h3-6,16H,7-8H2,1-2H3,(H,17,18,19). The third-order valence-corrected chi connectivity index (χ3v) is 5.41. The number of aromatic nitrogens is 1. The van der Waals surface area contributed by atoms with Crippen molar-refractivity contribution < 1.29 is 17.4 Å². The Morgan fingerprint density at radius 1 is 1.38 bits per heavy atom. The number of nitrogens with zero attached hydrogens (tertiary/aromatic N) is 1. The summed E-state index contributed by atoms with van der Waals surface area (Å²) in [6.07, 6.45) is 0.601. The molecule has 0 aliphatic carbocycles. The fourth-order valence-electron chi connectivity index (χ4n) is 1.81. The van der Waals surface area contributed by atoms with Gasteiger partial charge < -0.3 is 0 Å². The minimum Gasteiger partial charge on any atom is -0.300 e. The molecule has 10 heteroatoms. The lowest BCUT2D eigenvalue weighted by atomic mass is 10.1. The van der Waals surface area contributed by atoms with Crippen molar-refractivity contribution in [3.05, 3.63) is 45.4 Å². The molecule has 0 saturated heterocycles. The van der Waals surface area contributed by atoms with Crippen LogP contribution < -0.4 is 10.0 Å². The van der Waals surface area contributed by atoms with E-state index in [2.05, 4.69) is 14.5 Å². The highest BCUT2D eigenvalue weighted by molar-refractivity contribution is 7.84. The monoisotopic (exact) mass is 389 g/mol. The number of aryl methyl sites for hydroxylation is 1. The zero-order chi connectivity index (χ0) is 17.7.